The molecule has 4 aliphatic heterocycles. The quantitative estimate of drug-likeness (QED) is 0.317. The van der Waals surface area contributed by atoms with E-state index in [1.54, 1.807) is 42.8 Å². The lowest BCUT2D eigenvalue weighted by Crippen LogP contribution is -2.42. The molecule has 4 heterocycles. The van der Waals surface area contributed by atoms with Crippen molar-refractivity contribution in [1.82, 2.24) is 25.5 Å². The molecule has 7 rings (SSSR count). The van der Waals surface area contributed by atoms with E-state index >= 15 is 0 Å². The van der Waals surface area contributed by atoms with E-state index in [-0.39, 0.29) is 23.3 Å². The van der Waals surface area contributed by atoms with E-state index in [0.29, 0.717) is 24.3 Å². The second-order valence-electron chi connectivity index (χ2n) is 11.9. The molecule has 0 saturated carbocycles. The van der Waals surface area contributed by atoms with E-state index in [4.69, 9.17) is 9.68 Å². The van der Waals surface area contributed by atoms with Crippen LogP contribution in [0.25, 0.3) is 10.8 Å². The van der Waals surface area contributed by atoms with E-state index < -0.39 is 16.1 Å². The SMILES string of the molecule is O=C(CC(NS(=O)(=O)c1ccc2ccccc2c1)C1=CC2=CNON2C=C1)NC1CCOc2cc(CN3CCCCC3)ccc21. The number of sulfonamides is 1. The van der Waals surface area contributed by atoms with Crippen molar-refractivity contribution >= 4 is 26.7 Å². The van der Waals surface area contributed by atoms with Gasteiger partial charge >= 0.3 is 0 Å². The van der Waals surface area contributed by atoms with Crippen molar-refractivity contribution in [3.05, 3.63) is 108 Å². The zero-order chi connectivity index (χ0) is 30.8. The van der Waals surface area contributed by atoms with Gasteiger partial charge in [-0.15, -0.1) is 0 Å². The average molecular weight is 628 g/mol. The predicted molar refractivity (Wildman–Crippen MR) is 171 cm³/mol. The molecule has 2 atom stereocenters. The van der Waals surface area contributed by atoms with Gasteiger partial charge in [-0.25, -0.2) is 23.7 Å². The highest BCUT2D eigenvalue weighted by atomic mass is 32.2. The molecule has 11 heteroatoms. The normalized spacial score (nSPS) is 20.4. The molecule has 3 aromatic carbocycles. The van der Waals surface area contributed by atoms with Gasteiger partial charge in [0.1, 0.15) is 5.75 Å². The molecule has 0 bridgehead atoms. The van der Waals surface area contributed by atoms with Gasteiger partial charge in [0.25, 0.3) is 0 Å². The Bertz CT molecular complexity index is 1800. The van der Waals surface area contributed by atoms with Crippen molar-refractivity contribution in [1.29, 1.82) is 0 Å². The number of nitrogens with zero attached hydrogens (tertiary/aromatic N) is 2. The van der Waals surface area contributed by atoms with Crippen LogP contribution in [0.1, 0.15) is 49.3 Å². The van der Waals surface area contributed by atoms with Gasteiger partial charge in [0.15, 0.2) is 0 Å². The second kappa shape index (κ2) is 12.7. The first-order valence-electron chi connectivity index (χ1n) is 15.5. The number of hydrogen-bond acceptors (Lipinski definition) is 8. The monoisotopic (exact) mass is 627 g/mol. The summed E-state index contributed by atoms with van der Waals surface area (Å²) in [5.74, 6) is 0.538. The van der Waals surface area contributed by atoms with Crippen molar-refractivity contribution in [2.75, 3.05) is 19.7 Å². The van der Waals surface area contributed by atoms with Crippen molar-refractivity contribution in [2.45, 2.75) is 55.6 Å². The maximum absolute atomic E-state index is 13.7. The van der Waals surface area contributed by atoms with Crippen LogP contribution in [0.4, 0.5) is 0 Å². The van der Waals surface area contributed by atoms with Crippen molar-refractivity contribution in [2.24, 2.45) is 0 Å². The van der Waals surface area contributed by atoms with Crippen molar-refractivity contribution in [3.8, 4) is 5.75 Å². The van der Waals surface area contributed by atoms with Crippen LogP contribution >= 0.6 is 0 Å². The van der Waals surface area contributed by atoms with Gasteiger partial charge in [0.05, 0.1) is 35.5 Å². The predicted octanol–water partition coefficient (Wildman–Crippen LogP) is 4.55. The van der Waals surface area contributed by atoms with Gasteiger partial charge < -0.3 is 10.1 Å². The molecule has 0 spiro atoms. The van der Waals surface area contributed by atoms with Crippen LogP contribution in [0, 0.1) is 0 Å². The highest BCUT2D eigenvalue weighted by Crippen LogP contribution is 2.34. The van der Waals surface area contributed by atoms with E-state index in [1.165, 1.54) is 29.9 Å². The van der Waals surface area contributed by atoms with Crippen LogP contribution in [-0.2, 0) is 26.3 Å². The highest BCUT2D eigenvalue weighted by molar-refractivity contribution is 7.89. The molecule has 45 heavy (non-hydrogen) atoms. The number of amides is 1. The lowest BCUT2D eigenvalue weighted by atomic mass is 9.97. The maximum Gasteiger partial charge on any atom is 0.241 e. The van der Waals surface area contributed by atoms with E-state index in [9.17, 15) is 13.2 Å². The summed E-state index contributed by atoms with van der Waals surface area (Å²) in [7, 11) is -3.98. The summed E-state index contributed by atoms with van der Waals surface area (Å²) in [5.41, 5.74) is 6.16. The minimum atomic E-state index is -3.98. The van der Waals surface area contributed by atoms with Crippen LogP contribution in [0.15, 0.2) is 101 Å². The number of carbonyl (C=O) groups is 1. The van der Waals surface area contributed by atoms with Crippen LogP contribution < -0.4 is 20.3 Å². The largest absolute Gasteiger partial charge is 0.493 e. The zero-order valence-electron chi connectivity index (χ0n) is 24.9. The minimum Gasteiger partial charge on any atom is -0.493 e. The highest BCUT2D eigenvalue weighted by Gasteiger charge is 2.30. The molecule has 1 fully saturated rings. The number of piperidine rings is 1. The van der Waals surface area contributed by atoms with E-state index in [2.05, 4.69) is 38.6 Å². The fourth-order valence-electron chi connectivity index (χ4n) is 6.38. The number of hydroxylamine groups is 3. The molecule has 1 amide bonds. The summed E-state index contributed by atoms with van der Waals surface area (Å²) >= 11 is 0. The van der Waals surface area contributed by atoms with Gasteiger partial charge in [-0.3, -0.25) is 9.69 Å². The summed E-state index contributed by atoms with van der Waals surface area (Å²) in [6.45, 7) is 3.62. The number of carbonyl (C=O) groups excluding carboxylic acids is 1. The fraction of sp³-hybridized carbons (Fsp3) is 0.324. The number of fused-ring (bicyclic) bond motifs is 3. The third-order valence-electron chi connectivity index (χ3n) is 8.76. The van der Waals surface area contributed by atoms with Crippen LogP contribution in [0.5, 0.6) is 5.75 Å². The molecule has 1 saturated heterocycles. The van der Waals surface area contributed by atoms with Gasteiger partial charge in [-0.1, -0.05) is 48.9 Å². The Balaban J connectivity index is 1.09. The number of nitrogens with one attached hydrogen (secondary N) is 3. The lowest BCUT2D eigenvalue weighted by molar-refractivity contribution is -0.122. The number of ether oxygens (including phenoxy) is 1. The molecule has 0 aromatic heterocycles. The van der Waals surface area contributed by atoms with Gasteiger partial charge in [0.2, 0.25) is 15.9 Å². The molecule has 0 radical (unpaired) electrons. The third-order valence-corrected chi connectivity index (χ3v) is 10.2. The van der Waals surface area contributed by atoms with Gasteiger partial charge in [0, 0.05) is 31.1 Å². The smallest absolute Gasteiger partial charge is 0.241 e. The Kier molecular flexibility index (Phi) is 8.33. The summed E-state index contributed by atoms with van der Waals surface area (Å²) in [5, 5.41) is 6.45. The molecule has 10 nitrogen and oxygen atoms in total. The standard InChI is InChI=1S/C34H37N5O5S/c40-34(36-31-13-17-43-33-18-24(8-11-30(31)33)23-38-14-4-1-5-15-38)21-32(27-12-16-39-28(19-27)22-35-44-39)37-45(41,42)29-10-9-25-6-2-3-7-26(25)20-29/h2-3,6-12,16,18-20,22,31-32,35,37H,1,4-5,13-15,17,21,23H2,(H,36,40). The minimum absolute atomic E-state index is 0.0930. The molecule has 2 unspecified atom stereocenters. The Hall–Kier alpha value is -4.16. The first-order chi connectivity index (χ1) is 21.9. The molecular formula is C34H37N5O5S. The van der Waals surface area contributed by atoms with Crippen LogP contribution in [-0.4, -0.2) is 50.0 Å². The molecular weight excluding hydrogens is 590 g/mol. The molecule has 0 aliphatic carbocycles. The zero-order valence-corrected chi connectivity index (χ0v) is 25.8. The van der Waals surface area contributed by atoms with Crippen molar-refractivity contribution in [3.63, 3.8) is 0 Å². The van der Waals surface area contributed by atoms with E-state index in [0.717, 1.165) is 41.7 Å². The maximum atomic E-state index is 13.7. The first-order valence-corrected chi connectivity index (χ1v) is 17.0. The topological polar surface area (TPSA) is 112 Å². The Morgan fingerprint density at radius 3 is 2.73 bits per heavy atom. The second-order valence-corrected chi connectivity index (χ2v) is 13.6. The van der Waals surface area contributed by atoms with Gasteiger partial charge in [-0.2, -0.15) is 4.94 Å². The number of likely N-dealkylation sites (tertiary alicyclic amines) is 1. The molecule has 4 aliphatic rings. The number of allylic oxidation sites excluding steroid dienone is 1. The summed E-state index contributed by atoms with van der Waals surface area (Å²) < 4.78 is 36.2. The third kappa shape index (κ3) is 6.62. The number of hydrogen-bond donors (Lipinski definition) is 3. The molecule has 3 aromatic rings. The molecule has 3 N–H and O–H groups in total. The summed E-state index contributed by atoms with van der Waals surface area (Å²) in [4.78, 5) is 21.5. The van der Waals surface area contributed by atoms with Crippen LogP contribution in [0.3, 0.4) is 0 Å². The Morgan fingerprint density at radius 2 is 1.87 bits per heavy atom. The lowest BCUT2D eigenvalue weighted by Gasteiger charge is -2.30. The number of benzene rings is 3. The Morgan fingerprint density at radius 1 is 1.02 bits per heavy atom. The van der Waals surface area contributed by atoms with Crippen LogP contribution in [0.2, 0.25) is 0 Å². The molecule has 234 valence electrons. The fourth-order valence-corrected chi connectivity index (χ4v) is 7.64. The summed E-state index contributed by atoms with van der Waals surface area (Å²) in [6, 6.07) is 17.8. The van der Waals surface area contributed by atoms with Crippen molar-refractivity contribution < 1.29 is 22.9 Å². The number of rotatable bonds is 9. The Labute approximate surface area is 263 Å². The average Bonchev–Trinajstić information content (AvgIpc) is 3.53. The first kappa shape index (κ1) is 29.5. The summed E-state index contributed by atoms with van der Waals surface area (Å²) in [6.07, 6.45) is 11.2. The van der Waals surface area contributed by atoms with E-state index in [1.807, 2.05) is 24.3 Å². The van der Waals surface area contributed by atoms with Gasteiger partial charge in [-0.05, 0) is 78.2 Å².